The van der Waals surface area contributed by atoms with Crippen LogP contribution in [-0.2, 0) is 19.6 Å². The first-order chi connectivity index (χ1) is 10.8. The molecule has 0 aliphatic carbocycles. The number of pyridine rings is 1. The van der Waals surface area contributed by atoms with Gasteiger partial charge in [0.15, 0.2) is 5.43 Å². The maximum Gasteiger partial charge on any atom is 0.416 e. The topological polar surface area (TPSA) is 22.0 Å². The maximum absolute atomic E-state index is 12.9. The Morgan fingerprint density at radius 2 is 1.87 bits per heavy atom. The third-order valence-electron chi connectivity index (χ3n) is 3.78. The molecular formula is C18H20F3NO. The summed E-state index contributed by atoms with van der Waals surface area (Å²) >= 11 is 0. The number of hydrogen-bond donors (Lipinski definition) is 0. The van der Waals surface area contributed by atoms with E-state index in [9.17, 15) is 18.0 Å². The van der Waals surface area contributed by atoms with Crippen LogP contribution in [0.5, 0.6) is 0 Å². The van der Waals surface area contributed by atoms with Crippen LogP contribution in [0.25, 0.3) is 11.1 Å². The van der Waals surface area contributed by atoms with Crippen LogP contribution in [-0.4, -0.2) is 4.57 Å². The van der Waals surface area contributed by atoms with Gasteiger partial charge in [0.25, 0.3) is 0 Å². The molecule has 2 nitrogen and oxygen atoms in total. The lowest BCUT2D eigenvalue weighted by Crippen LogP contribution is -2.15. The van der Waals surface area contributed by atoms with Gasteiger partial charge in [0.05, 0.1) is 5.56 Å². The standard InChI is InChI=1S/C18H20F3NO/c1-3-4-5-7-14-11-22(2)12-16(17(14)23)13-8-6-9-15(10-13)18(19,20)21/h6,8-12H,3-5,7H2,1-2H3. The molecule has 0 N–H and O–H groups in total. The van der Waals surface area contributed by atoms with Crippen molar-refractivity contribution in [3.05, 3.63) is 58.0 Å². The van der Waals surface area contributed by atoms with Crippen molar-refractivity contribution in [3.63, 3.8) is 0 Å². The van der Waals surface area contributed by atoms with Gasteiger partial charge in [-0.25, -0.2) is 0 Å². The van der Waals surface area contributed by atoms with Crippen molar-refractivity contribution in [1.82, 2.24) is 4.57 Å². The van der Waals surface area contributed by atoms with Crippen LogP contribution < -0.4 is 5.43 Å². The van der Waals surface area contributed by atoms with Crippen LogP contribution in [0.15, 0.2) is 41.5 Å². The first-order valence-corrected chi connectivity index (χ1v) is 7.69. The zero-order valence-corrected chi connectivity index (χ0v) is 13.3. The second kappa shape index (κ2) is 7.02. The Hall–Kier alpha value is -2.04. The molecule has 1 heterocycles. The summed E-state index contributed by atoms with van der Waals surface area (Å²) in [4.78, 5) is 12.6. The van der Waals surface area contributed by atoms with E-state index in [4.69, 9.17) is 0 Å². The summed E-state index contributed by atoms with van der Waals surface area (Å²) in [6, 6.07) is 4.93. The summed E-state index contributed by atoms with van der Waals surface area (Å²) in [6.07, 6.45) is 2.55. The smallest absolute Gasteiger partial charge is 0.356 e. The van der Waals surface area contributed by atoms with Crippen molar-refractivity contribution < 1.29 is 13.2 Å². The molecule has 0 unspecified atom stereocenters. The highest BCUT2D eigenvalue weighted by Crippen LogP contribution is 2.31. The van der Waals surface area contributed by atoms with Gasteiger partial charge in [-0.3, -0.25) is 4.79 Å². The average Bonchev–Trinajstić information content (AvgIpc) is 2.50. The SMILES string of the molecule is CCCCCc1cn(C)cc(-c2cccc(C(F)(F)F)c2)c1=O. The summed E-state index contributed by atoms with van der Waals surface area (Å²) in [5.41, 5.74) is 0.341. The Labute approximate surface area is 133 Å². The fraction of sp³-hybridized carbons (Fsp3) is 0.389. The molecular weight excluding hydrogens is 303 g/mol. The number of benzene rings is 1. The lowest BCUT2D eigenvalue weighted by Gasteiger charge is -2.11. The third kappa shape index (κ3) is 4.24. The predicted molar refractivity (Wildman–Crippen MR) is 85.4 cm³/mol. The molecule has 2 rings (SSSR count). The average molecular weight is 323 g/mol. The Kier molecular flexibility index (Phi) is 5.29. The second-order valence-corrected chi connectivity index (χ2v) is 5.73. The number of aryl methyl sites for hydroxylation is 2. The molecule has 2 aromatic rings. The van der Waals surface area contributed by atoms with E-state index in [2.05, 4.69) is 6.92 Å². The Morgan fingerprint density at radius 3 is 2.52 bits per heavy atom. The fourth-order valence-corrected chi connectivity index (χ4v) is 2.59. The van der Waals surface area contributed by atoms with Crippen molar-refractivity contribution in [2.75, 3.05) is 0 Å². The first-order valence-electron chi connectivity index (χ1n) is 7.69. The molecule has 0 spiro atoms. The molecule has 0 radical (unpaired) electrons. The molecule has 0 bridgehead atoms. The van der Waals surface area contributed by atoms with E-state index in [1.165, 1.54) is 6.07 Å². The minimum atomic E-state index is -4.42. The highest BCUT2D eigenvalue weighted by atomic mass is 19.4. The molecule has 124 valence electrons. The Morgan fingerprint density at radius 1 is 1.13 bits per heavy atom. The van der Waals surface area contributed by atoms with Gasteiger partial charge in [-0.1, -0.05) is 31.9 Å². The largest absolute Gasteiger partial charge is 0.416 e. The van der Waals surface area contributed by atoms with E-state index in [1.807, 2.05) is 0 Å². The van der Waals surface area contributed by atoms with Gasteiger partial charge < -0.3 is 4.57 Å². The lowest BCUT2D eigenvalue weighted by molar-refractivity contribution is -0.137. The van der Waals surface area contributed by atoms with Crippen LogP contribution in [0.3, 0.4) is 0 Å². The molecule has 0 aliphatic rings. The second-order valence-electron chi connectivity index (χ2n) is 5.73. The van der Waals surface area contributed by atoms with E-state index in [1.54, 1.807) is 30.1 Å². The van der Waals surface area contributed by atoms with E-state index in [0.29, 0.717) is 23.1 Å². The fourth-order valence-electron chi connectivity index (χ4n) is 2.59. The number of halogens is 3. The van der Waals surface area contributed by atoms with Crippen LogP contribution in [0.2, 0.25) is 0 Å². The number of unbranched alkanes of at least 4 members (excludes halogenated alkanes) is 2. The van der Waals surface area contributed by atoms with Gasteiger partial charge in [-0.15, -0.1) is 0 Å². The normalized spacial score (nSPS) is 11.7. The molecule has 0 atom stereocenters. The first kappa shape index (κ1) is 17.3. The predicted octanol–water partition coefficient (Wildman–Crippen LogP) is 4.80. The lowest BCUT2D eigenvalue weighted by atomic mass is 10.0. The Bertz CT molecular complexity index is 732. The quantitative estimate of drug-likeness (QED) is 0.724. The van der Waals surface area contributed by atoms with E-state index in [0.717, 1.165) is 31.4 Å². The third-order valence-corrected chi connectivity index (χ3v) is 3.78. The number of alkyl halides is 3. The minimum Gasteiger partial charge on any atom is -0.356 e. The van der Waals surface area contributed by atoms with Gasteiger partial charge in [0, 0.05) is 30.6 Å². The maximum atomic E-state index is 12.9. The zero-order chi connectivity index (χ0) is 17.0. The monoisotopic (exact) mass is 323 g/mol. The van der Waals surface area contributed by atoms with E-state index < -0.39 is 11.7 Å². The summed E-state index contributed by atoms with van der Waals surface area (Å²) in [6.45, 7) is 2.08. The molecule has 0 amide bonds. The summed E-state index contributed by atoms with van der Waals surface area (Å²) in [7, 11) is 1.78. The molecule has 1 aromatic carbocycles. The molecule has 23 heavy (non-hydrogen) atoms. The number of hydrogen-bond acceptors (Lipinski definition) is 1. The van der Waals surface area contributed by atoms with Gasteiger partial charge >= 0.3 is 6.18 Å². The minimum absolute atomic E-state index is 0.182. The van der Waals surface area contributed by atoms with Gasteiger partial charge in [-0.2, -0.15) is 13.2 Å². The van der Waals surface area contributed by atoms with Crippen LogP contribution in [0.4, 0.5) is 13.2 Å². The molecule has 0 saturated heterocycles. The van der Waals surface area contributed by atoms with Crippen molar-refractivity contribution in [1.29, 1.82) is 0 Å². The summed E-state index contributed by atoms with van der Waals surface area (Å²) in [5.74, 6) is 0. The van der Waals surface area contributed by atoms with Gasteiger partial charge in [-0.05, 0) is 30.5 Å². The van der Waals surface area contributed by atoms with Crippen LogP contribution in [0, 0.1) is 0 Å². The molecule has 0 saturated carbocycles. The van der Waals surface area contributed by atoms with Gasteiger partial charge in [0.2, 0.25) is 0 Å². The summed E-state index contributed by atoms with van der Waals surface area (Å²) in [5, 5.41) is 0. The highest BCUT2D eigenvalue weighted by molar-refractivity contribution is 5.64. The van der Waals surface area contributed by atoms with Crippen molar-refractivity contribution in [2.45, 2.75) is 38.8 Å². The van der Waals surface area contributed by atoms with Crippen LogP contribution >= 0.6 is 0 Å². The number of aromatic nitrogens is 1. The zero-order valence-electron chi connectivity index (χ0n) is 13.3. The number of nitrogens with zero attached hydrogens (tertiary/aromatic N) is 1. The molecule has 1 aromatic heterocycles. The van der Waals surface area contributed by atoms with Crippen molar-refractivity contribution in [3.8, 4) is 11.1 Å². The van der Waals surface area contributed by atoms with Crippen LogP contribution in [0.1, 0.15) is 37.3 Å². The van der Waals surface area contributed by atoms with E-state index >= 15 is 0 Å². The molecule has 5 heteroatoms. The molecule has 0 fully saturated rings. The summed E-state index contributed by atoms with van der Waals surface area (Å²) < 4.78 is 40.3. The number of rotatable bonds is 5. The molecule has 0 aliphatic heterocycles. The van der Waals surface area contributed by atoms with Gasteiger partial charge in [0.1, 0.15) is 0 Å². The van der Waals surface area contributed by atoms with E-state index in [-0.39, 0.29) is 5.43 Å². The Balaban J connectivity index is 2.45. The van der Waals surface area contributed by atoms with Crippen molar-refractivity contribution >= 4 is 0 Å². The highest BCUT2D eigenvalue weighted by Gasteiger charge is 2.30. The van der Waals surface area contributed by atoms with Crippen molar-refractivity contribution in [2.24, 2.45) is 7.05 Å².